The maximum absolute atomic E-state index is 13.0. The van der Waals surface area contributed by atoms with Gasteiger partial charge in [-0.15, -0.1) is 5.10 Å². The average molecular weight is 353 g/mol. The molecule has 26 heavy (non-hydrogen) atoms. The summed E-state index contributed by atoms with van der Waals surface area (Å²) in [6.45, 7) is 2.12. The van der Waals surface area contributed by atoms with E-state index in [1.54, 1.807) is 9.30 Å². The van der Waals surface area contributed by atoms with Gasteiger partial charge < -0.3 is 9.64 Å². The van der Waals surface area contributed by atoms with Crippen molar-refractivity contribution in [3.8, 4) is 0 Å². The summed E-state index contributed by atoms with van der Waals surface area (Å²) in [6, 6.07) is 7.68. The standard InChI is InChI=1S/C18H19N5O3/c24-15(21-7-9-26-10-8-21)11-22-18(25)23-16(12-5-6-12)19-14-4-2-1-3-13(14)17(23)20-22/h1-4,12H,5-11H2. The van der Waals surface area contributed by atoms with Gasteiger partial charge >= 0.3 is 5.69 Å². The number of amides is 1. The number of benzene rings is 1. The van der Waals surface area contributed by atoms with Gasteiger partial charge in [-0.05, 0) is 25.0 Å². The third-order valence-corrected chi connectivity index (χ3v) is 5.04. The van der Waals surface area contributed by atoms with Gasteiger partial charge in [-0.2, -0.15) is 0 Å². The molecule has 0 bridgehead atoms. The van der Waals surface area contributed by atoms with Crippen molar-refractivity contribution in [2.24, 2.45) is 0 Å². The zero-order chi connectivity index (χ0) is 17.7. The lowest BCUT2D eigenvalue weighted by molar-refractivity contribution is -0.136. The van der Waals surface area contributed by atoms with Crippen molar-refractivity contribution in [3.63, 3.8) is 0 Å². The molecule has 1 aliphatic heterocycles. The number of nitrogens with zero attached hydrogens (tertiary/aromatic N) is 5. The normalized spacial score (nSPS) is 17.9. The molecular weight excluding hydrogens is 334 g/mol. The summed E-state index contributed by atoms with van der Waals surface area (Å²) < 4.78 is 8.14. The summed E-state index contributed by atoms with van der Waals surface area (Å²) in [6.07, 6.45) is 2.07. The average Bonchev–Trinajstić information content (AvgIpc) is 3.47. The Labute approximate surface area is 149 Å². The Bertz CT molecular complexity index is 1060. The summed E-state index contributed by atoms with van der Waals surface area (Å²) in [5, 5.41) is 5.32. The van der Waals surface area contributed by atoms with Crippen LogP contribution in [0.1, 0.15) is 24.6 Å². The van der Waals surface area contributed by atoms with E-state index < -0.39 is 0 Å². The lowest BCUT2D eigenvalue weighted by atomic mass is 10.2. The monoisotopic (exact) mass is 353 g/mol. The summed E-state index contributed by atoms with van der Waals surface area (Å²) in [5.41, 5.74) is 1.12. The molecule has 0 N–H and O–H groups in total. The van der Waals surface area contributed by atoms with E-state index in [0.29, 0.717) is 37.9 Å². The number of para-hydroxylation sites is 1. The number of fused-ring (bicyclic) bond motifs is 3. The fourth-order valence-corrected chi connectivity index (χ4v) is 3.48. The number of carbonyl (C=O) groups is 1. The summed E-state index contributed by atoms with van der Waals surface area (Å²) in [7, 11) is 0. The third kappa shape index (κ3) is 2.48. The molecule has 3 heterocycles. The topological polar surface area (TPSA) is 81.7 Å². The molecule has 2 fully saturated rings. The highest BCUT2D eigenvalue weighted by atomic mass is 16.5. The molecule has 3 aromatic rings. The van der Waals surface area contributed by atoms with E-state index in [1.165, 1.54) is 4.68 Å². The minimum atomic E-state index is -0.290. The first kappa shape index (κ1) is 15.5. The molecule has 0 radical (unpaired) electrons. The van der Waals surface area contributed by atoms with Crippen LogP contribution in [0.5, 0.6) is 0 Å². The van der Waals surface area contributed by atoms with E-state index in [0.717, 1.165) is 29.6 Å². The second kappa shape index (κ2) is 5.91. The minimum absolute atomic E-state index is 0.0566. The van der Waals surface area contributed by atoms with Gasteiger partial charge in [0, 0.05) is 24.4 Å². The highest BCUT2D eigenvalue weighted by Crippen LogP contribution is 2.39. The Kier molecular flexibility index (Phi) is 3.53. The third-order valence-electron chi connectivity index (χ3n) is 5.04. The Morgan fingerprint density at radius 2 is 1.96 bits per heavy atom. The van der Waals surface area contributed by atoms with Gasteiger partial charge in [-0.25, -0.2) is 18.9 Å². The van der Waals surface area contributed by atoms with Crippen LogP contribution >= 0.6 is 0 Å². The Morgan fingerprint density at radius 3 is 2.73 bits per heavy atom. The first-order valence-electron chi connectivity index (χ1n) is 8.96. The largest absolute Gasteiger partial charge is 0.378 e. The summed E-state index contributed by atoms with van der Waals surface area (Å²) in [5.74, 6) is 0.949. The molecule has 1 amide bonds. The Balaban J connectivity index is 1.61. The van der Waals surface area contributed by atoms with Crippen LogP contribution in [-0.4, -0.2) is 56.3 Å². The number of aromatic nitrogens is 4. The molecule has 134 valence electrons. The molecule has 0 unspecified atom stereocenters. The van der Waals surface area contributed by atoms with Crippen LogP contribution in [0.2, 0.25) is 0 Å². The molecule has 8 heteroatoms. The minimum Gasteiger partial charge on any atom is -0.378 e. The highest BCUT2D eigenvalue weighted by Gasteiger charge is 2.30. The zero-order valence-electron chi connectivity index (χ0n) is 14.3. The van der Waals surface area contributed by atoms with Crippen LogP contribution < -0.4 is 5.69 Å². The first-order valence-corrected chi connectivity index (χ1v) is 8.96. The molecule has 0 spiro atoms. The van der Waals surface area contributed by atoms with Crippen LogP contribution in [0.3, 0.4) is 0 Å². The molecule has 5 rings (SSSR count). The number of morpholine rings is 1. The predicted octanol–water partition coefficient (Wildman–Crippen LogP) is 0.780. The van der Waals surface area contributed by atoms with Gasteiger partial charge in [0.1, 0.15) is 12.4 Å². The SMILES string of the molecule is O=C(Cn1nc2c3ccccc3nc(C3CC3)n2c1=O)N1CCOCC1. The van der Waals surface area contributed by atoms with Crippen LogP contribution in [0.15, 0.2) is 29.1 Å². The second-order valence-corrected chi connectivity index (χ2v) is 6.85. The number of rotatable bonds is 3. The van der Waals surface area contributed by atoms with E-state index in [9.17, 15) is 9.59 Å². The molecule has 1 aromatic carbocycles. The van der Waals surface area contributed by atoms with Crippen LogP contribution in [0, 0.1) is 0 Å². The van der Waals surface area contributed by atoms with Gasteiger partial charge in [0.25, 0.3) is 0 Å². The van der Waals surface area contributed by atoms with Crippen molar-refractivity contribution in [2.45, 2.75) is 25.3 Å². The van der Waals surface area contributed by atoms with Gasteiger partial charge in [0.05, 0.1) is 18.7 Å². The molecule has 1 saturated heterocycles. The van der Waals surface area contributed by atoms with Gasteiger partial charge in [-0.3, -0.25) is 4.79 Å². The van der Waals surface area contributed by atoms with E-state index in [4.69, 9.17) is 9.72 Å². The Morgan fingerprint density at radius 1 is 1.19 bits per heavy atom. The van der Waals surface area contributed by atoms with E-state index in [-0.39, 0.29) is 18.1 Å². The van der Waals surface area contributed by atoms with Crippen molar-refractivity contribution >= 4 is 22.5 Å². The lowest BCUT2D eigenvalue weighted by Crippen LogP contribution is -2.43. The summed E-state index contributed by atoms with van der Waals surface area (Å²) >= 11 is 0. The predicted molar refractivity (Wildman–Crippen MR) is 94.1 cm³/mol. The maximum atomic E-state index is 13.0. The van der Waals surface area contributed by atoms with E-state index in [2.05, 4.69) is 5.10 Å². The van der Waals surface area contributed by atoms with Crippen molar-refractivity contribution in [3.05, 3.63) is 40.6 Å². The fraction of sp³-hybridized carbons (Fsp3) is 0.444. The lowest BCUT2D eigenvalue weighted by Gasteiger charge is -2.26. The number of carbonyl (C=O) groups excluding carboxylic acids is 1. The van der Waals surface area contributed by atoms with Crippen molar-refractivity contribution in [1.29, 1.82) is 0 Å². The van der Waals surface area contributed by atoms with Crippen molar-refractivity contribution in [2.75, 3.05) is 26.3 Å². The van der Waals surface area contributed by atoms with E-state index in [1.807, 2.05) is 24.3 Å². The molecule has 1 saturated carbocycles. The first-order chi connectivity index (χ1) is 12.7. The highest BCUT2D eigenvalue weighted by molar-refractivity contribution is 5.91. The van der Waals surface area contributed by atoms with Crippen LogP contribution in [-0.2, 0) is 16.1 Å². The van der Waals surface area contributed by atoms with Crippen LogP contribution in [0.4, 0.5) is 0 Å². The smallest absolute Gasteiger partial charge is 0.352 e. The number of ether oxygens (including phenoxy) is 1. The van der Waals surface area contributed by atoms with Crippen molar-refractivity contribution in [1.82, 2.24) is 24.1 Å². The van der Waals surface area contributed by atoms with Crippen molar-refractivity contribution < 1.29 is 9.53 Å². The molecule has 0 atom stereocenters. The number of hydrogen-bond acceptors (Lipinski definition) is 5. The molecule has 2 aromatic heterocycles. The maximum Gasteiger partial charge on any atom is 0.352 e. The summed E-state index contributed by atoms with van der Waals surface area (Å²) in [4.78, 5) is 31.9. The quantitative estimate of drug-likeness (QED) is 0.695. The fourth-order valence-electron chi connectivity index (χ4n) is 3.48. The molecule has 1 aliphatic carbocycles. The molecule has 8 nitrogen and oxygen atoms in total. The van der Waals surface area contributed by atoms with E-state index >= 15 is 0 Å². The Hall–Kier alpha value is -2.74. The van der Waals surface area contributed by atoms with Gasteiger partial charge in [0.2, 0.25) is 5.91 Å². The van der Waals surface area contributed by atoms with Gasteiger partial charge in [0.15, 0.2) is 5.65 Å². The molecular formula is C18H19N5O3. The van der Waals surface area contributed by atoms with Crippen LogP contribution in [0.25, 0.3) is 16.6 Å². The number of hydrogen-bond donors (Lipinski definition) is 0. The molecule has 2 aliphatic rings. The van der Waals surface area contributed by atoms with Gasteiger partial charge in [-0.1, -0.05) is 12.1 Å². The second-order valence-electron chi connectivity index (χ2n) is 6.85. The zero-order valence-corrected chi connectivity index (χ0v) is 14.3.